The molecule has 0 unspecified atom stereocenters. The number of hydrogen-bond donors (Lipinski definition) is 2. The first kappa shape index (κ1) is 12.0. The Balaban J connectivity index is 2.66. The second-order valence-corrected chi connectivity index (χ2v) is 3.63. The van der Waals surface area contributed by atoms with Gasteiger partial charge in [0.2, 0.25) is 6.29 Å². The first-order chi connectivity index (χ1) is 7.00. The summed E-state index contributed by atoms with van der Waals surface area (Å²) in [6.45, 7) is 0.289. The highest BCUT2D eigenvalue weighted by Crippen LogP contribution is 2.12. The topological polar surface area (TPSA) is 60.8 Å². The van der Waals surface area contributed by atoms with Crippen LogP contribution < -0.4 is 0 Å². The van der Waals surface area contributed by atoms with Gasteiger partial charge in [0.25, 0.3) is 5.91 Å². The number of hydrogen-bond acceptors (Lipinski definition) is 3. The highest BCUT2D eigenvalue weighted by Gasteiger charge is 2.16. The Hall–Kier alpha value is -1.10. The molecule has 0 aliphatic heterocycles. The molecule has 0 aromatic heterocycles. The number of aliphatic hydroxyl groups is 2. The van der Waals surface area contributed by atoms with Crippen molar-refractivity contribution >= 4 is 17.5 Å². The molecule has 15 heavy (non-hydrogen) atoms. The van der Waals surface area contributed by atoms with E-state index in [1.165, 1.54) is 11.9 Å². The van der Waals surface area contributed by atoms with Gasteiger partial charge in [0, 0.05) is 18.6 Å². The molecule has 0 heterocycles. The molecular weight excluding hydrogens is 218 g/mol. The smallest absolute Gasteiger partial charge is 0.279 e. The van der Waals surface area contributed by atoms with Crippen LogP contribution in [0.5, 0.6) is 0 Å². The van der Waals surface area contributed by atoms with Gasteiger partial charge < -0.3 is 15.1 Å². The van der Waals surface area contributed by atoms with E-state index in [1.807, 2.05) is 0 Å². The molecular formula is C10H12ClNO3. The van der Waals surface area contributed by atoms with E-state index in [2.05, 4.69) is 0 Å². The third-order valence-electron chi connectivity index (χ3n) is 1.91. The maximum atomic E-state index is 11.1. The number of carbonyl (C=O) groups is 1. The lowest BCUT2D eigenvalue weighted by molar-refractivity contribution is -0.158. The molecule has 0 radical (unpaired) electrons. The van der Waals surface area contributed by atoms with E-state index >= 15 is 0 Å². The molecule has 0 fully saturated rings. The van der Waals surface area contributed by atoms with Gasteiger partial charge in [-0.15, -0.1) is 0 Å². The van der Waals surface area contributed by atoms with Crippen LogP contribution in [0.4, 0.5) is 0 Å². The molecule has 5 heteroatoms. The number of nitrogens with zero attached hydrogens (tertiary/aromatic N) is 1. The second kappa shape index (κ2) is 5.11. The van der Waals surface area contributed by atoms with Crippen molar-refractivity contribution < 1.29 is 15.0 Å². The van der Waals surface area contributed by atoms with E-state index in [0.717, 1.165) is 5.56 Å². The maximum absolute atomic E-state index is 11.1. The molecule has 1 rings (SSSR count). The van der Waals surface area contributed by atoms with Gasteiger partial charge in [0.15, 0.2) is 0 Å². The van der Waals surface area contributed by atoms with Crippen LogP contribution in [0.2, 0.25) is 5.02 Å². The van der Waals surface area contributed by atoms with Crippen molar-refractivity contribution in [2.24, 2.45) is 0 Å². The fourth-order valence-electron chi connectivity index (χ4n) is 1.18. The van der Waals surface area contributed by atoms with Gasteiger partial charge >= 0.3 is 0 Å². The van der Waals surface area contributed by atoms with Crippen LogP contribution in [-0.2, 0) is 11.3 Å². The van der Waals surface area contributed by atoms with Gasteiger partial charge in [-0.3, -0.25) is 4.79 Å². The van der Waals surface area contributed by atoms with Crippen molar-refractivity contribution in [2.45, 2.75) is 12.8 Å². The number of carbonyl (C=O) groups excluding carboxylic acids is 1. The van der Waals surface area contributed by atoms with Crippen molar-refractivity contribution in [3.05, 3.63) is 34.9 Å². The van der Waals surface area contributed by atoms with Crippen molar-refractivity contribution in [1.82, 2.24) is 4.90 Å². The Bertz CT molecular complexity index is 354. The van der Waals surface area contributed by atoms with Crippen molar-refractivity contribution in [2.75, 3.05) is 7.05 Å². The molecule has 0 saturated heterocycles. The van der Waals surface area contributed by atoms with Crippen LogP contribution in [-0.4, -0.2) is 34.4 Å². The van der Waals surface area contributed by atoms with Crippen LogP contribution in [0, 0.1) is 0 Å². The lowest BCUT2D eigenvalue weighted by Gasteiger charge is -2.18. The lowest BCUT2D eigenvalue weighted by Crippen LogP contribution is -2.35. The van der Waals surface area contributed by atoms with Gasteiger partial charge in [-0.1, -0.05) is 23.7 Å². The van der Waals surface area contributed by atoms with Gasteiger partial charge in [0.1, 0.15) is 0 Å². The molecule has 82 valence electrons. The van der Waals surface area contributed by atoms with Crippen molar-refractivity contribution in [1.29, 1.82) is 0 Å². The molecule has 2 N–H and O–H groups in total. The van der Waals surface area contributed by atoms with Crippen LogP contribution in [0.1, 0.15) is 5.56 Å². The minimum atomic E-state index is -1.96. The van der Waals surface area contributed by atoms with Gasteiger partial charge in [-0.05, 0) is 17.7 Å². The fraction of sp³-hybridized carbons (Fsp3) is 0.300. The number of benzene rings is 1. The molecule has 0 bridgehead atoms. The Kier molecular flexibility index (Phi) is 4.08. The maximum Gasteiger partial charge on any atom is 0.279 e. The number of halogens is 1. The molecule has 1 aromatic carbocycles. The molecule has 0 saturated carbocycles. The summed E-state index contributed by atoms with van der Waals surface area (Å²) in [5.41, 5.74) is 0.832. The minimum absolute atomic E-state index is 0.289. The number of aliphatic hydroxyl groups excluding tert-OH is 1. The summed E-state index contributed by atoms with van der Waals surface area (Å²) >= 11 is 5.77. The normalized spacial score (nSPS) is 10.5. The van der Waals surface area contributed by atoms with Crippen LogP contribution in [0.15, 0.2) is 24.3 Å². The fourth-order valence-corrected chi connectivity index (χ4v) is 1.40. The average Bonchev–Trinajstić information content (AvgIpc) is 2.16. The zero-order valence-electron chi connectivity index (χ0n) is 8.22. The minimum Gasteiger partial charge on any atom is -0.361 e. The first-order valence-corrected chi connectivity index (χ1v) is 4.74. The molecule has 0 aliphatic rings. The SMILES string of the molecule is CN(Cc1cccc(Cl)c1)C(=O)C(O)O. The third-order valence-corrected chi connectivity index (χ3v) is 2.14. The van der Waals surface area contributed by atoms with E-state index in [0.29, 0.717) is 5.02 Å². The van der Waals surface area contributed by atoms with Crippen LogP contribution in [0.3, 0.4) is 0 Å². The third kappa shape index (κ3) is 3.51. The van der Waals surface area contributed by atoms with E-state index in [-0.39, 0.29) is 6.54 Å². The number of likely N-dealkylation sites (N-methyl/N-ethyl adjacent to an activating group) is 1. The first-order valence-electron chi connectivity index (χ1n) is 4.36. The highest BCUT2D eigenvalue weighted by molar-refractivity contribution is 6.30. The van der Waals surface area contributed by atoms with Crippen LogP contribution in [0.25, 0.3) is 0 Å². The Morgan fingerprint density at radius 1 is 1.53 bits per heavy atom. The summed E-state index contributed by atoms with van der Waals surface area (Å²) < 4.78 is 0. The van der Waals surface area contributed by atoms with Crippen molar-refractivity contribution in [3.63, 3.8) is 0 Å². The summed E-state index contributed by atoms with van der Waals surface area (Å²) in [7, 11) is 1.49. The lowest BCUT2D eigenvalue weighted by atomic mass is 10.2. The van der Waals surface area contributed by atoms with E-state index in [1.54, 1.807) is 24.3 Å². The predicted octanol–water partition coefficient (Wildman–Crippen LogP) is 0.609. The largest absolute Gasteiger partial charge is 0.361 e. The highest BCUT2D eigenvalue weighted by atomic mass is 35.5. The standard InChI is InChI=1S/C10H12ClNO3/c1-12(9(13)10(14)15)6-7-3-2-4-8(11)5-7/h2-5,10,14-15H,6H2,1H3. The summed E-state index contributed by atoms with van der Waals surface area (Å²) in [6, 6.07) is 7.02. The van der Waals surface area contributed by atoms with E-state index < -0.39 is 12.2 Å². The Morgan fingerprint density at radius 3 is 2.73 bits per heavy atom. The summed E-state index contributed by atoms with van der Waals surface area (Å²) in [4.78, 5) is 12.3. The predicted molar refractivity (Wildman–Crippen MR) is 56.2 cm³/mol. The second-order valence-electron chi connectivity index (χ2n) is 3.20. The quantitative estimate of drug-likeness (QED) is 0.747. The van der Waals surface area contributed by atoms with E-state index in [9.17, 15) is 4.79 Å². The van der Waals surface area contributed by atoms with Crippen LogP contribution >= 0.6 is 11.6 Å². The number of amides is 1. The average molecular weight is 230 g/mol. The monoisotopic (exact) mass is 229 g/mol. The molecule has 0 atom stereocenters. The number of rotatable bonds is 3. The van der Waals surface area contributed by atoms with Crippen molar-refractivity contribution in [3.8, 4) is 0 Å². The molecule has 1 aromatic rings. The molecule has 0 spiro atoms. The Morgan fingerprint density at radius 2 is 2.20 bits per heavy atom. The summed E-state index contributed by atoms with van der Waals surface area (Å²) in [6.07, 6.45) is -1.96. The van der Waals surface area contributed by atoms with E-state index in [4.69, 9.17) is 21.8 Å². The molecule has 1 amide bonds. The summed E-state index contributed by atoms with van der Waals surface area (Å²) in [5, 5.41) is 17.9. The zero-order valence-corrected chi connectivity index (χ0v) is 8.98. The summed E-state index contributed by atoms with van der Waals surface area (Å²) in [5.74, 6) is -0.741. The Labute approximate surface area is 92.7 Å². The van der Waals surface area contributed by atoms with Gasteiger partial charge in [0.05, 0.1) is 0 Å². The van der Waals surface area contributed by atoms with Gasteiger partial charge in [-0.25, -0.2) is 0 Å². The zero-order chi connectivity index (χ0) is 11.4. The molecule has 4 nitrogen and oxygen atoms in total. The molecule has 0 aliphatic carbocycles. The van der Waals surface area contributed by atoms with Gasteiger partial charge in [-0.2, -0.15) is 0 Å².